The summed E-state index contributed by atoms with van der Waals surface area (Å²) in [6, 6.07) is 35.5. The number of ketones is 1. The number of fused-ring (bicyclic) bond motifs is 2. The van der Waals surface area contributed by atoms with E-state index in [-0.39, 0.29) is 30.6 Å². The van der Waals surface area contributed by atoms with Gasteiger partial charge in [0.15, 0.2) is 5.78 Å². The van der Waals surface area contributed by atoms with Crippen molar-refractivity contribution in [1.29, 1.82) is 0 Å². The van der Waals surface area contributed by atoms with Gasteiger partial charge < -0.3 is 9.97 Å². The summed E-state index contributed by atoms with van der Waals surface area (Å²) >= 11 is 0. The Morgan fingerprint density at radius 3 is 1.38 bits per heavy atom. The SMILES string of the molecule is Cc1ncccc1-c1nc2cc(-c3ccccc3C(=O)c3ccccc3-c3ccc4[nH]c(-c5cccnc5C)nc4c3)ccc2[nH]1.Cl.Cl. The molecule has 0 aliphatic carbocycles. The van der Waals surface area contributed by atoms with Crippen molar-refractivity contribution < 1.29 is 4.79 Å². The molecule has 0 fully saturated rings. The third-order valence-electron chi connectivity index (χ3n) is 8.46. The minimum absolute atomic E-state index is 0. The van der Waals surface area contributed by atoms with E-state index in [2.05, 4.69) is 19.9 Å². The molecular weight excluding hydrogens is 639 g/mol. The Hall–Kier alpha value is -5.63. The molecule has 0 aliphatic rings. The van der Waals surface area contributed by atoms with Crippen LogP contribution in [-0.4, -0.2) is 35.7 Å². The third-order valence-corrected chi connectivity index (χ3v) is 8.46. The van der Waals surface area contributed by atoms with Crippen LogP contribution in [0.1, 0.15) is 27.3 Å². The summed E-state index contributed by atoms with van der Waals surface area (Å²) in [6.45, 7) is 3.95. The summed E-state index contributed by atoms with van der Waals surface area (Å²) in [4.78, 5) is 39.8. The minimum Gasteiger partial charge on any atom is -0.338 e. The van der Waals surface area contributed by atoms with E-state index in [9.17, 15) is 4.79 Å². The van der Waals surface area contributed by atoms with Gasteiger partial charge in [-0.2, -0.15) is 0 Å². The minimum atomic E-state index is -0.0474. The Labute approximate surface area is 289 Å². The molecule has 0 unspecified atom stereocenters. The van der Waals surface area contributed by atoms with Crippen LogP contribution in [-0.2, 0) is 0 Å². The molecule has 0 spiro atoms. The average Bonchev–Trinajstić information content (AvgIpc) is 3.72. The van der Waals surface area contributed by atoms with Gasteiger partial charge in [0.25, 0.3) is 0 Å². The molecule has 48 heavy (non-hydrogen) atoms. The van der Waals surface area contributed by atoms with Gasteiger partial charge in [-0.25, -0.2) is 9.97 Å². The molecule has 4 aromatic heterocycles. The van der Waals surface area contributed by atoms with Gasteiger partial charge in [-0.3, -0.25) is 14.8 Å². The van der Waals surface area contributed by atoms with E-state index in [4.69, 9.17) is 9.97 Å². The normalized spacial score (nSPS) is 10.9. The highest BCUT2D eigenvalue weighted by molar-refractivity contribution is 6.16. The number of nitrogens with one attached hydrogen (secondary N) is 2. The Morgan fingerprint density at radius 1 is 0.521 bits per heavy atom. The monoisotopic (exact) mass is 668 g/mol. The molecule has 0 radical (unpaired) electrons. The van der Waals surface area contributed by atoms with Crippen LogP contribution < -0.4 is 0 Å². The maximum Gasteiger partial charge on any atom is 0.194 e. The smallest absolute Gasteiger partial charge is 0.194 e. The average molecular weight is 670 g/mol. The Balaban J connectivity index is 0.00000201. The highest BCUT2D eigenvalue weighted by Gasteiger charge is 2.20. The molecule has 4 heterocycles. The summed E-state index contributed by atoms with van der Waals surface area (Å²) < 4.78 is 0. The van der Waals surface area contributed by atoms with Crippen LogP contribution in [0.5, 0.6) is 0 Å². The fourth-order valence-corrected chi connectivity index (χ4v) is 6.08. The lowest BCUT2D eigenvalue weighted by Crippen LogP contribution is -2.05. The van der Waals surface area contributed by atoms with Crippen LogP contribution in [0.25, 0.3) is 67.1 Å². The maximum atomic E-state index is 14.4. The molecule has 8 rings (SSSR count). The molecule has 0 saturated heterocycles. The van der Waals surface area contributed by atoms with Crippen LogP contribution in [0.3, 0.4) is 0 Å². The van der Waals surface area contributed by atoms with E-state index in [1.54, 1.807) is 12.4 Å². The maximum absolute atomic E-state index is 14.4. The topological polar surface area (TPSA) is 100 Å². The van der Waals surface area contributed by atoms with Gasteiger partial charge in [-0.15, -0.1) is 24.8 Å². The highest BCUT2D eigenvalue weighted by atomic mass is 35.5. The summed E-state index contributed by atoms with van der Waals surface area (Å²) in [5.74, 6) is 1.49. The first-order valence-electron chi connectivity index (χ1n) is 15.1. The number of carbonyl (C=O) groups excluding carboxylic acids is 1. The molecule has 9 heteroatoms. The van der Waals surface area contributed by atoms with Crippen molar-refractivity contribution >= 4 is 52.7 Å². The van der Waals surface area contributed by atoms with E-state index in [0.717, 1.165) is 78.5 Å². The Bertz CT molecular complexity index is 2280. The van der Waals surface area contributed by atoms with E-state index in [0.29, 0.717) is 11.1 Å². The van der Waals surface area contributed by atoms with Gasteiger partial charge >= 0.3 is 0 Å². The van der Waals surface area contributed by atoms with E-state index < -0.39 is 0 Å². The Morgan fingerprint density at radius 2 is 0.938 bits per heavy atom. The summed E-state index contributed by atoms with van der Waals surface area (Å²) in [7, 11) is 0. The number of pyridine rings is 2. The lowest BCUT2D eigenvalue weighted by atomic mass is 9.90. The van der Waals surface area contributed by atoms with Gasteiger partial charge in [-0.05, 0) is 84.6 Å². The fourth-order valence-electron chi connectivity index (χ4n) is 6.08. The number of H-pyrrole nitrogens is 2. The molecular formula is C39H30Cl2N6O. The second-order valence-electron chi connectivity index (χ2n) is 11.3. The lowest BCUT2D eigenvalue weighted by Gasteiger charge is -2.13. The van der Waals surface area contributed by atoms with E-state index in [1.807, 2.05) is 123 Å². The van der Waals surface area contributed by atoms with Crippen molar-refractivity contribution in [3.05, 3.63) is 144 Å². The first-order valence-corrected chi connectivity index (χ1v) is 15.1. The molecule has 4 aromatic carbocycles. The largest absolute Gasteiger partial charge is 0.338 e. The van der Waals surface area contributed by atoms with Crippen molar-refractivity contribution in [1.82, 2.24) is 29.9 Å². The van der Waals surface area contributed by atoms with Crippen LogP contribution >= 0.6 is 24.8 Å². The van der Waals surface area contributed by atoms with Crippen molar-refractivity contribution in [2.24, 2.45) is 0 Å². The number of benzene rings is 4. The zero-order valence-corrected chi connectivity index (χ0v) is 27.7. The van der Waals surface area contributed by atoms with Crippen molar-refractivity contribution in [3.8, 4) is 45.0 Å². The first-order chi connectivity index (χ1) is 22.5. The second kappa shape index (κ2) is 13.2. The number of aryl methyl sites for hydroxylation is 2. The molecule has 0 atom stereocenters. The summed E-state index contributed by atoms with van der Waals surface area (Å²) in [5.41, 5.74) is 12.0. The molecule has 0 saturated carbocycles. The number of aromatic nitrogens is 6. The molecule has 0 amide bonds. The number of carbonyl (C=O) groups is 1. The number of halogens is 2. The summed E-state index contributed by atoms with van der Waals surface area (Å²) in [6.07, 6.45) is 3.56. The van der Waals surface area contributed by atoms with Crippen LogP contribution in [0.4, 0.5) is 0 Å². The second-order valence-corrected chi connectivity index (χ2v) is 11.3. The number of aromatic amines is 2. The zero-order valence-electron chi connectivity index (χ0n) is 26.1. The molecule has 0 aliphatic heterocycles. The number of hydrogen-bond donors (Lipinski definition) is 2. The predicted octanol–water partition coefficient (Wildman–Crippen LogP) is 9.59. The number of imidazole rings is 2. The quantitative estimate of drug-likeness (QED) is 0.172. The molecule has 236 valence electrons. The number of hydrogen-bond acceptors (Lipinski definition) is 5. The van der Waals surface area contributed by atoms with E-state index >= 15 is 0 Å². The highest BCUT2D eigenvalue weighted by Crippen LogP contribution is 2.34. The lowest BCUT2D eigenvalue weighted by molar-refractivity contribution is 0.104. The number of nitrogens with zero attached hydrogens (tertiary/aromatic N) is 4. The zero-order chi connectivity index (χ0) is 31.2. The van der Waals surface area contributed by atoms with Gasteiger partial charge in [0, 0.05) is 46.0 Å². The van der Waals surface area contributed by atoms with Crippen LogP contribution in [0.2, 0.25) is 0 Å². The Kier molecular flexibility index (Phi) is 8.91. The standard InChI is InChI=1S/C39H28N6O.2ClH/c1-23-27(13-7-19-40-23)38-42-33-17-15-25(21-35(33)44-38)29-9-3-5-11-31(29)37(46)32-12-6-4-10-30(32)26-16-18-34-36(22-26)45-39(43-34)28-14-8-20-41-24(28)2;;/h3-22H,1-2H3,(H,42,44)(H,43,45);2*1H. The van der Waals surface area contributed by atoms with Gasteiger partial charge in [-0.1, -0.05) is 60.7 Å². The molecule has 7 nitrogen and oxygen atoms in total. The fraction of sp³-hybridized carbons (Fsp3) is 0.0513. The van der Waals surface area contributed by atoms with E-state index in [1.165, 1.54) is 0 Å². The van der Waals surface area contributed by atoms with Gasteiger partial charge in [0.2, 0.25) is 0 Å². The summed E-state index contributed by atoms with van der Waals surface area (Å²) in [5, 5.41) is 0. The molecule has 0 bridgehead atoms. The van der Waals surface area contributed by atoms with Gasteiger partial charge in [0.1, 0.15) is 11.6 Å². The molecule has 8 aromatic rings. The predicted molar refractivity (Wildman–Crippen MR) is 197 cm³/mol. The van der Waals surface area contributed by atoms with Crippen molar-refractivity contribution in [2.75, 3.05) is 0 Å². The third kappa shape index (κ3) is 5.74. The first kappa shape index (κ1) is 32.3. The van der Waals surface area contributed by atoms with Gasteiger partial charge in [0.05, 0.1) is 22.1 Å². The van der Waals surface area contributed by atoms with Crippen molar-refractivity contribution in [2.45, 2.75) is 13.8 Å². The van der Waals surface area contributed by atoms with Crippen LogP contribution in [0.15, 0.2) is 122 Å². The van der Waals surface area contributed by atoms with Crippen molar-refractivity contribution in [3.63, 3.8) is 0 Å². The molecule has 2 N–H and O–H groups in total. The van der Waals surface area contributed by atoms with Crippen LogP contribution in [0, 0.1) is 13.8 Å². The number of rotatable bonds is 6.